The van der Waals surface area contributed by atoms with Gasteiger partial charge >= 0.3 is 5.97 Å². The van der Waals surface area contributed by atoms with Gasteiger partial charge in [-0.1, -0.05) is 47.5 Å². The molecule has 234 valence electrons. The number of imide groups is 2. The van der Waals surface area contributed by atoms with Crippen molar-refractivity contribution in [1.82, 2.24) is 0 Å². The molecule has 1 saturated carbocycles. The van der Waals surface area contributed by atoms with Crippen LogP contribution in [-0.2, 0) is 19.2 Å². The summed E-state index contributed by atoms with van der Waals surface area (Å²) in [6, 6.07) is 14.4. The van der Waals surface area contributed by atoms with Crippen LogP contribution in [0, 0.1) is 41.8 Å². The number of hydrogen-bond donors (Lipinski definition) is 2. The van der Waals surface area contributed by atoms with Crippen LogP contribution in [0.1, 0.15) is 47.2 Å². The molecule has 2 N–H and O–H groups in total. The lowest BCUT2D eigenvalue weighted by Gasteiger charge is -2.49. The Morgan fingerprint density at radius 2 is 1.65 bits per heavy atom. The van der Waals surface area contributed by atoms with Gasteiger partial charge in [-0.15, -0.1) is 0 Å². The van der Waals surface area contributed by atoms with Gasteiger partial charge in [-0.05, 0) is 74.6 Å². The number of para-hydroxylation sites is 1. The van der Waals surface area contributed by atoms with E-state index in [0.717, 1.165) is 15.9 Å². The molecular formula is C35H28ClFN2O7. The van der Waals surface area contributed by atoms with E-state index in [1.165, 1.54) is 36.4 Å². The first kappa shape index (κ1) is 29.9. The first-order valence-corrected chi connectivity index (χ1v) is 15.3. The van der Waals surface area contributed by atoms with Crippen molar-refractivity contribution in [2.24, 2.45) is 29.1 Å². The molecular weight excluding hydrogens is 615 g/mol. The molecule has 2 heterocycles. The van der Waals surface area contributed by atoms with Crippen LogP contribution in [0.25, 0.3) is 0 Å². The molecule has 2 saturated heterocycles. The van der Waals surface area contributed by atoms with E-state index < -0.39 is 70.4 Å². The first-order valence-electron chi connectivity index (χ1n) is 14.9. The average molecular weight is 643 g/mol. The van der Waals surface area contributed by atoms with Crippen LogP contribution in [0.4, 0.5) is 15.8 Å². The third-order valence-corrected chi connectivity index (χ3v) is 10.7. The summed E-state index contributed by atoms with van der Waals surface area (Å²) in [7, 11) is 0. The Labute approximate surface area is 267 Å². The number of carboxylic acids is 1. The van der Waals surface area contributed by atoms with Gasteiger partial charge in [0, 0.05) is 11.5 Å². The van der Waals surface area contributed by atoms with Gasteiger partial charge in [-0.2, -0.15) is 0 Å². The standard InChI is InChI=1S/C35H28ClFN2O7/c1-16-5-3-8-22(29(16)40)28-20-10-11-21-27(32(43)38(30(21)41)18-7-4-6-17(13-18)33(44)45)23(20)15-24-31(42)39(34(46)35(24,28)2)19-9-12-26(37)25(36)14-19/h3-10,12-14,21,23-24,27-28,40H,11,15H2,1-2H3,(H,44,45). The molecule has 0 spiro atoms. The van der Waals surface area contributed by atoms with Crippen LogP contribution < -0.4 is 9.80 Å². The highest BCUT2D eigenvalue weighted by Crippen LogP contribution is 2.64. The molecule has 9 nitrogen and oxygen atoms in total. The molecule has 3 fully saturated rings. The molecule has 0 radical (unpaired) electrons. The van der Waals surface area contributed by atoms with E-state index in [-0.39, 0.29) is 40.6 Å². The van der Waals surface area contributed by atoms with Crippen molar-refractivity contribution < 1.29 is 38.6 Å². The van der Waals surface area contributed by atoms with Gasteiger partial charge in [-0.25, -0.2) is 14.1 Å². The fraction of sp³-hybridized carbons (Fsp3) is 0.286. The molecule has 6 unspecified atom stereocenters. The summed E-state index contributed by atoms with van der Waals surface area (Å²) in [5, 5.41) is 20.6. The number of fused-ring (bicyclic) bond motifs is 4. The Kier molecular flexibility index (Phi) is 6.72. The Balaban J connectivity index is 1.37. The highest BCUT2D eigenvalue weighted by molar-refractivity contribution is 6.32. The minimum Gasteiger partial charge on any atom is -0.507 e. The molecule has 3 aromatic rings. The van der Waals surface area contributed by atoms with Crippen LogP contribution in [-0.4, -0.2) is 39.8 Å². The van der Waals surface area contributed by atoms with E-state index in [1.54, 1.807) is 32.0 Å². The van der Waals surface area contributed by atoms with Gasteiger partial charge in [0.05, 0.1) is 45.1 Å². The number of carbonyl (C=O) groups excluding carboxylic acids is 4. The minimum absolute atomic E-state index is 0.0411. The zero-order chi connectivity index (χ0) is 32.8. The fourth-order valence-corrected chi connectivity index (χ4v) is 8.35. The van der Waals surface area contributed by atoms with Crippen LogP contribution >= 0.6 is 11.6 Å². The number of allylic oxidation sites excluding steroid dienone is 2. The molecule has 0 aromatic heterocycles. The predicted molar refractivity (Wildman–Crippen MR) is 165 cm³/mol. The van der Waals surface area contributed by atoms with E-state index in [9.17, 15) is 38.6 Å². The van der Waals surface area contributed by atoms with Crippen molar-refractivity contribution in [3.05, 3.63) is 99.8 Å². The van der Waals surface area contributed by atoms with Gasteiger partial charge in [0.25, 0.3) is 0 Å². The number of anilines is 2. The summed E-state index contributed by atoms with van der Waals surface area (Å²) in [5.74, 6) is -8.08. The minimum atomic E-state index is -1.40. The van der Waals surface area contributed by atoms with Gasteiger partial charge in [0.2, 0.25) is 23.6 Å². The molecule has 2 aliphatic heterocycles. The number of carbonyl (C=O) groups is 5. The van der Waals surface area contributed by atoms with Crippen molar-refractivity contribution in [1.29, 1.82) is 0 Å². The SMILES string of the molecule is Cc1cccc(C2C3=CCC4C(=O)N(c5cccc(C(=O)O)c5)C(=O)C4C3CC3C(=O)N(c4ccc(F)c(Cl)c4)C(=O)C32C)c1O. The molecule has 6 atom stereocenters. The monoisotopic (exact) mass is 642 g/mol. The lowest BCUT2D eigenvalue weighted by Crippen LogP contribution is -2.49. The second-order valence-electron chi connectivity index (χ2n) is 12.6. The average Bonchev–Trinajstić information content (AvgIpc) is 3.40. The Morgan fingerprint density at radius 1 is 0.935 bits per heavy atom. The van der Waals surface area contributed by atoms with Crippen LogP contribution in [0.2, 0.25) is 5.02 Å². The van der Waals surface area contributed by atoms with Gasteiger partial charge in [-0.3, -0.25) is 24.1 Å². The zero-order valence-corrected chi connectivity index (χ0v) is 25.5. The number of rotatable bonds is 4. The molecule has 46 heavy (non-hydrogen) atoms. The number of phenolic OH excluding ortho intramolecular Hbond substituents is 1. The van der Waals surface area contributed by atoms with E-state index in [4.69, 9.17) is 11.6 Å². The molecule has 4 aliphatic rings. The number of aromatic hydroxyl groups is 1. The number of aryl methyl sites for hydroxylation is 1. The third kappa shape index (κ3) is 4.02. The van der Waals surface area contributed by atoms with Crippen molar-refractivity contribution in [3.63, 3.8) is 0 Å². The maximum atomic E-state index is 14.5. The number of benzene rings is 3. The van der Waals surface area contributed by atoms with Gasteiger partial charge < -0.3 is 10.2 Å². The van der Waals surface area contributed by atoms with E-state index in [2.05, 4.69) is 0 Å². The predicted octanol–water partition coefficient (Wildman–Crippen LogP) is 5.63. The maximum Gasteiger partial charge on any atom is 0.335 e. The molecule has 3 aromatic carbocycles. The van der Waals surface area contributed by atoms with E-state index in [1.807, 2.05) is 6.08 Å². The van der Waals surface area contributed by atoms with Crippen molar-refractivity contribution in [2.75, 3.05) is 9.80 Å². The summed E-state index contributed by atoms with van der Waals surface area (Å²) >= 11 is 6.05. The quantitative estimate of drug-likeness (QED) is 0.279. The number of aromatic carboxylic acids is 1. The summed E-state index contributed by atoms with van der Waals surface area (Å²) in [4.78, 5) is 70.4. The smallest absolute Gasteiger partial charge is 0.335 e. The topological polar surface area (TPSA) is 132 Å². The molecule has 2 aliphatic carbocycles. The summed E-state index contributed by atoms with van der Waals surface area (Å²) < 4.78 is 14.1. The zero-order valence-electron chi connectivity index (χ0n) is 24.7. The molecule has 4 amide bonds. The fourth-order valence-electron chi connectivity index (χ4n) is 8.18. The summed E-state index contributed by atoms with van der Waals surface area (Å²) in [5.41, 5.74) is 0.435. The molecule has 11 heteroatoms. The highest BCUT2D eigenvalue weighted by atomic mass is 35.5. The number of phenols is 1. The Morgan fingerprint density at radius 3 is 2.37 bits per heavy atom. The number of hydrogen-bond acceptors (Lipinski definition) is 6. The summed E-state index contributed by atoms with van der Waals surface area (Å²) in [6.45, 7) is 3.41. The van der Waals surface area contributed by atoms with Crippen molar-refractivity contribution in [2.45, 2.75) is 32.6 Å². The Bertz CT molecular complexity index is 1940. The highest BCUT2D eigenvalue weighted by Gasteiger charge is 2.68. The van der Waals surface area contributed by atoms with Crippen LogP contribution in [0.3, 0.4) is 0 Å². The van der Waals surface area contributed by atoms with Crippen molar-refractivity contribution >= 4 is 52.6 Å². The van der Waals surface area contributed by atoms with Gasteiger partial charge in [0.15, 0.2) is 0 Å². The lowest BCUT2D eigenvalue weighted by molar-refractivity contribution is -0.131. The van der Waals surface area contributed by atoms with E-state index >= 15 is 0 Å². The summed E-state index contributed by atoms with van der Waals surface area (Å²) in [6.07, 6.45) is 2.11. The van der Waals surface area contributed by atoms with E-state index in [0.29, 0.717) is 16.7 Å². The molecule has 7 rings (SSSR count). The molecule has 0 bridgehead atoms. The number of halogens is 2. The normalized spacial score (nSPS) is 28.6. The number of amides is 4. The Hall–Kier alpha value is -4.83. The second-order valence-corrected chi connectivity index (χ2v) is 13.0. The third-order valence-electron chi connectivity index (χ3n) is 10.4. The van der Waals surface area contributed by atoms with Gasteiger partial charge in [0.1, 0.15) is 11.6 Å². The number of carboxylic acid groups (broad SMARTS) is 1. The lowest BCUT2D eigenvalue weighted by atomic mass is 9.51. The second kappa shape index (κ2) is 10.3. The maximum absolute atomic E-state index is 14.5. The number of nitrogens with zero attached hydrogens (tertiary/aromatic N) is 2. The first-order chi connectivity index (χ1) is 21.9. The van der Waals surface area contributed by atoms with Crippen LogP contribution in [0.5, 0.6) is 5.75 Å². The van der Waals surface area contributed by atoms with Crippen molar-refractivity contribution in [3.8, 4) is 5.75 Å². The van der Waals surface area contributed by atoms with Crippen LogP contribution in [0.15, 0.2) is 72.3 Å². The largest absolute Gasteiger partial charge is 0.507 e.